The summed E-state index contributed by atoms with van der Waals surface area (Å²) in [5.41, 5.74) is 2.06. The van der Waals surface area contributed by atoms with Crippen molar-refractivity contribution in [1.29, 1.82) is 0 Å². The molecule has 130 valence electrons. The molecule has 3 aromatic rings. The molecule has 0 unspecified atom stereocenters. The van der Waals surface area contributed by atoms with Gasteiger partial charge in [-0.15, -0.1) is 0 Å². The highest BCUT2D eigenvalue weighted by Crippen LogP contribution is 2.31. The zero-order valence-electron chi connectivity index (χ0n) is 14.0. The third kappa shape index (κ3) is 3.87. The number of nitro groups is 1. The average Bonchev–Trinajstić information content (AvgIpc) is 3.11. The number of nitro benzene ring substituents is 1. The van der Waals surface area contributed by atoms with Crippen molar-refractivity contribution < 1.29 is 14.1 Å². The molecule has 0 fully saturated rings. The molecule has 6 heteroatoms. The topological polar surface area (TPSA) is 85.4 Å². The van der Waals surface area contributed by atoms with Crippen LogP contribution in [-0.4, -0.2) is 10.8 Å². The Labute approximate surface area is 149 Å². The molecule has 0 saturated heterocycles. The van der Waals surface area contributed by atoms with Gasteiger partial charge in [0.2, 0.25) is 5.91 Å². The van der Waals surface area contributed by atoms with Crippen LogP contribution in [0.15, 0.2) is 71.2 Å². The Hall–Kier alpha value is -3.67. The van der Waals surface area contributed by atoms with Crippen molar-refractivity contribution in [3.63, 3.8) is 0 Å². The van der Waals surface area contributed by atoms with Gasteiger partial charge in [0, 0.05) is 17.8 Å². The van der Waals surface area contributed by atoms with Gasteiger partial charge in [-0.25, -0.2) is 0 Å². The van der Waals surface area contributed by atoms with Crippen LogP contribution in [0.5, 0.6) is 0 Å². The van der Waals surface area contributed by atoms with Crippen molar-refractivity contribution in [3.05, 3.63) is 88.2 Å². The fourth-order valence-electron chi connectivity index (χ4n) is 2.47. The van der Waals surface area contributed by atoms with Gasteiger partial charge >= 0.3 is 0 Å². The lowest BCUT2D eigenvalue weighted by Gasteiger charge is -2.04. The lowest BCUT2D eigenvalue weighted by atomic mass is 10.1. The number of para-hydroxylation sites is 2. The number of hydrogen-bond donors (Lipinski definition) is 1. The van der Waals surface area contributed by atoms with E-state index in [1.807, 2.05) is 31.2 Å². The molecule has 0 aliphatic heterocycles. The van der Waals surface area contributed by atoms with E-state index in [-0.39, 0.29) is 11.6 Å². The molecule has 26 heavy (non-hydrogen) atoms. The zero-order valence-corrected chi connectivity index (χ0v) is 14.0. The Bertz CT molecular complexity index is 989. The van der Waals surface area contributed by atoms with Crippen molar-refractivity contribution in [3.8, 4) is 11.3 Å². The normalized spacial score (nSPS) is 10.8. The molecule has 0 atom stereocenters. The highest BCUT2D eigenvalue weighted by atomic mass is 16.6. The Morgan fingerprint density at radius 2 is 1.81 bits per heavy atom. The summed E-state index contributed by atoms with van der Waals surface area (Å²) < 4.78 is 5.61. The Balaban J connectivity index is 1.75. The summed E-state index contributed by atoms with van der Waals surface area (Å²) >= 11 is 0. The molecule has 0 saturated carbocycles. The molecule has 1 amide bonds. The van der Waals surface area contributed by atoms with Gasteiger partial charge in [0.1, 0.15) is 11.5 Å². The summed E-state index contributed by atoms with van der Waals surface area (Å²) in [6.45, 7) is 1.91. The van der Waals surface area contributed by atoms with Crippen molar-refractivity contribution in [2.75, 3.05) is 5.32 Å². The predicted molar refractivity (Wildman–Crippen MR) is 99.6 cm³/mol. The quantitative estimate of drug-likeness (QED) is 0.407. The van der Waals surface area contributed by atoms with Crippen molar-refractivity contribution in [1.82, 2.24) is 0 Å². The Morgan fingerprint density at radius 3 is 2.58 bits per heavy atom. The first-order valence-corrected chi connectivity index (χ1v) is 7.93. The number of hydrogen-bond acceptors (Lipinski definition) is 4. The molecule has 0 bridgehead atoms. The molecular formula is C20H16N2O4. The van der Waals surface area contributed by atoms with Gasteiger partial charge in [0.15, 0.2) is 0 Å². The molecule has 1 N–H and O–H groups in total. The van der Waals surface area contributed by atoms with Crippen LogP contribution in [0.3, 0.4) is 0 Å². The van der Waals surface area contributed by atoms with Crippen LogP contribution in [0, 0.1) is 17.0 Å². The van der Waals surface area contributed by atoms with Crippen LogP contribution in [0.25, 0.3) is 17.4 Å². The molecule has 6 nitrogen and oxygen atoms in total. The SMILES string of the molecule is Cc1ccccc1NC(=O)/C=C/c1ccc(-c2ccccc2[N+](=O)[O-])o1. The van der Waals surface area contributed by atoms with Crippen LogP contribution >= 0.6 is 0 Å². The lowest BCUT2D eigenvalue weighted by Crippen LogP contribution is -2.08. The first-order valence-electron chi connectivity index (χ1n) is 7.93. The second-order valence-corrected chi connectivity index (χ2v) is 5.61. The Morgan fingerprint density at radius 1 is 1.08 bits per heavy atom. The van der Waals surface area contributed by atoms with Crippen molar-refractivity contribution in [2.45, 2.75) is 6.92 Å². The fourth-order valence-corrected chi connectivity index (χ4v) is 2.47. The molecular weight excluding hydrogens is 332 g/mol. The number of anilines is 1. The van der Waals surface area contributed by atoms with Crippen LogP contribution < -0.4 is 5.32 Å². The van der Waals surface area contributed by atoms with Crippen LogP contribution in [0.1, 0.15) is 11.3 Å². The minimum Gasteiger partial charge on any atom is -0.456 e. The Kier molecular flexibility index (Phi) is 4.94. The van der Waals surface area contributed by atoms with Gasteiger partial charge in [-0.05, 0) is 42.8 Å². The molecule has 0 radical (unpaired) electrons. The maximum absolute atomic E-state index is 12.0. The first-order chi connectivity index (χ1) is 12.5. The lowest BCUT2D eigenvalue weighted by molar-refractivity contribution is -0.384. The second-order valence-electron chi connectivity index (χ2n) is 5.61. The van der Waals surface area contributed by atoms with E-state index in [4.69, 9.17) is 4.42 Å². The number of amides is 1. The maximum atomic E-state index is 12.0. The van der Waals surface area contributed by atoms with E-state index >= 15 is 0 Å². The number of nitrogens with zero attached hydrogens (tertiary/aromatic N) is 1. The van der Waals surface area contributed by atoms with E-state index in [2.05, 4.69) is 5.32 Å². The van der Waals surface area contributed by atoms with Gasteiger partial charge < -0.3 is 9.73 Å². The summed E-state index contributed by atoms with van der Waals surface area (Å²) in [6, 6.07) is 17.1. The monoisotopic (exact) mass is 348 g/mol. The van der Waals surface area contributed by atoms with E-state index in [9.17, 15) is 14.9 Å². The molecule has 1 heterocycles. The molecule has 0 aliphatic carbocycles. The predicted octanol–water partition coefficient (Wildman–Crippen LogP) is 4.82. The summed E-state index contributed by atoms with van der Waals surface area (Å²) in [5.74, 6) is 0.511. The number of benzene rings is 2. The van der Waals surface area contributed by atoms with Gasteiger partial charge in [-0.2, -0.15) is 0 Å². The number of furan rings is 1. The van der Waals surface area contributed by atoms with E-state index in [0.717, 1.165) is 11.3 Å². The number of carbonyl (C=O) groups excluding carboxylic acids is 1. The van der Waals surface area contributed by atoms with E-state index < -0.39 is 4.92 Å². The minimum atomic E-state index is -0.455. The van der Waals surface area contributed by atoms with Gasteiger partial charge in [-0.3, -0.25) is 14.9 Å². The average molecular weight is 348 g/mol. The third-order valence-electron chi connectivity index (χ3n) is 3.79. The van der Waals surface area contributed by atoms with E-state index in [1.165, 1.54) is 18.2 Å². The summed E-state index contributed by atoms with van der Waals surface area (Å²) in [5, 5.41) is 13.9. The van der Waals surface area contributed by atoms with Gasteiger partial charge in [-0.1, -0.05) is 30.3 Å². The van der Waals surface area contributed by atoms with Gasteiger partial charge in [0.05, 0.1) is 10.5 Å². The van der Waals surface area contributed by atoms with Crippen LogP contribution in [0.2, 0.25) is 0 Å². The van der Waals surface area contributed by atoms with Crippen molar-refractivity contribution in [2.24, 2.45) is 0 Å². The summed E-state index contributed by atoms with van der Waals surface area (Å²) in [7, 11) is 0. The number of rotatable bonds is 5. The summed E-state index contributed by atoms with van der Waals surface area (Å²) in [4.78, 5) is 22.7. The maximum Gasteiger partial charge on any atom is 0.280 e. The molecule has 1 aromatic heterocycles. The molecule has 3 rings (SSSR count). The number of carbonyl (C=O) groups is 1. The van der Waals surface area contributed by atoms with Crippen LogP contribution in [-0.2, 0) is 4.79 Å². The van der Waals surface area contributed by atoms with Crippen LogP contribution in [0.4, 0.5) is 11.4 Å². The highest BCUT2D eigenvalue weighted by molar-refractivity contribution is 6.02. The molecule has 2 aromatic carbocycles. The third-order valence-corrected chi connectivity index (χ3v) is 3.79. The first kappa shape index (κ1) is 17.2. The molecule has 0 spiro atoms. The molecule has 0 aliphatic rings. The van der Waals surface area contributed by atoms with Crippen molar-refractivity contribution >= 4 is 23.4 Å². The minimum absolute atomic E-state index is 0.0327. The number of nitrogens with one attached hydrogen (secondary N) is 1. The van der Waals surface area contributed by atoms with E-state index in [1.54, 1.807) is 30.3 Å². The van der Waals surface area contributed by atoms with E-state index in [0.29, 0.717) is 17.1 Å². The second kappa shape index (κ2) is 7.48. The number of aryl methyl sites for hydroxylation is 1. The fraction of sp³-hybridized carbons (Fsp3) is 0.0500. The summed E-state index contributed by atoms with van der Waals surface area (Å²) in [6.07, 6.45) is 2.88. The zero-order chi connectivity index (χ0) is 18.5. The largest absolute Gasteiger partial charge is 0.456 e. The standard InChI is InChI=1S/C20H16N2O4/c1-14-6-2-4-8-17(14)21-20(23)13-11-15-10-12-19(26-15)16-7-3-5-9-18(16)22(24)25/h2-13H,1H3,(H,21,23)/b13-11+. The van der Waals surface area contributed by atoms with Gasteiger partial charge in [0.25, 0.3) is 5.69 Å². The smallest absolute Gasteiger partial charge is 0.280 e. The highest BCUT2D eigenvalue weighted by Gasteiger charge is 2.16.